The van der Waals surface area contributed by atoms with Crippen LogP contribution in [0.3, 0.4) is 0 Å². The van der Waals surface area contributed by atoms with Crippen LogP contribution in [0.1, 0.15) is 4.88 Å². The summed E-state index contributed by atoms with van der Waals surface area (Å²) in [5, 5.41) is 12.5. The summed E-state index contributed by atoms with van der Waals surface area (Å²) in [6.07, 6.45) is 3.37. The Morgan fingerprint density at radius 2 is 2.58 bits per heavy atom. The van der Waals surface area contributed by atoms with Crippen molar-refractivity contribution in [2.75, 3.05) is 13.1 Å². The zero-order valence-electron chi connectivity index (χ0n) is 6.53. The summed E-state index contributed by atoms with van der Waals surface area (Å²) < 4.78 is 0. The first-order chi connectivity index (χ1) is 5.86. The van der Waals surface area contributed by atoms with Gasteiger partial charge in [0.2, 0.25) is 0 Å². The molecule has 2 heterocycles. The molecule has 0 aliphatic carbocycles. The van der Waals surface area contributed by atoms with Gasteiger partial charge in [-0.25, -0.2) is 0 Å². The normalized spacial score (nSPS) is 23.8. The molecule has 0 fully saturated rings. The number of nitrogens with one attached hydrogen (secondary N) is 1. The average molecular weight is 182 g/mol. The summed E-state index contributed by atoms with van der Waals surface area (Å²) in [5.74, 6) is 0. The van der Waals surface area contributed by atoms with Crippen molar-refractivity contribution in [3.63, 3.8) is 0 Å². The molecule has 0 amide bonds. The SMILES string of the molecule is OC1C=C(c2cncs2)CNC1. The van der Waals surface area contributed by atoms with Crippen molar-refractivity contribution < 1.29 is 5.11 Å². The Labute approximate surface area is 74.8 Å². The minimum Gasteiger partial charge on any atom is -0.388 e. The molecule has 1 aliphatic heterocycles. The van der Waals surface area contributed by atoms with Gasteiger partial charge in [-0.05, 0) is 11.6 Å². The van der Waals surface area contributed by atoms with Crippen LogP contribution in [-0.4, -0.2) is 29.3 Å². The molecule has 0 spiro atoms. The third-order valence-corrected chi connectivity index (χ3v) is 2.66. The Bertz CT molecular complexity index is 281. The molecule has 1 aromatic heterocycles. The van der Waals surface area contributed by atoms with Gasteiger partial charge in [0, 0.05) is 19.3 Å². The first-order valence-corrected chi connectivity index (χ1v) is 4.72. The average Bonchev–Trinajstić information content (AvgIpc) is 2.56. The number of β-amino-alcohol motifs (C(OH)–C–C–N with tert-alkyl or cyclic N) is 1. The van der Waals surface area contributed by atoms with Crippen molar-refractivity contribution in [1.29, 1.82) is 0 Å². The lowest BCUT2D eigenvalue weighted by molar-refractivity contribution is 0.217. The molecule has 12 heavy (non-hydrogen) atoms. The number of hydrogen-bond donors (Lipinski definition) is 2. The summed E-state index contributed by atoms with van der Waals surface area (Å²) >= 11 is 1.60. The van der Waals surface area contributed by atoms with Gasteiger partial charge >= 0.3 is 0 Å². The van der Waals surface area contributed by atoms with E-state index in [2.05, 4.69) is 10.3 Å². The molecule has 64 valence electrons. The first-order valence-electron chi connectivity index (χ1n) is 3.84. The van der Waals surface area contributed by atoms with Crippen LogP contribution in [0.5, 0.6) is 0 Å². The van der Waals surface area contributed by atoms with E-state index in [9.17, 15) is 5.11 Å². The van der Waals surface area contributed by atoms with Gasteiger partial charge in [-0.3, -0.25) is 4.98 Å². The predicted molar refractivity (Wildman–Crippen MR) is 49.0 cm³/mol. The fraction of sp³-hybridized carbons (Fsp3) is 0.375. The standard InChI is InChI=1S/C8H10N2OS/c11-7-1-6(2-9-3-7)8-4-10-5-12-8/h1,4-5,7,9,11H,2-3H2. The quantitative estimate of drug-likeness (QED) is 0.664. The molecule has 3 nitrogen and oxygen atoms in total. The number of hydrogen-bond acceptors (Lipinski definition) is 4. The second-order valence-corrected chi connectivity index (χ2v) is 3.64. The fourth-order valence-electron chi connectivity index (χ4n) is 1.25. The number of aliphatic hydroxyl groups is 1. The Morgan fingerprint density at radius 3 is 3.25 bits per heavy atom. The Balaban J connectivity index is 2.23. The lowest BCUT2D eigenvalue weighted by Crippen LogP contribution is -2.31. The van der Waals surface area contributed by atoms with Crippen LogP contribution in [-0.2, 0) is 0 Å². The lowest BCUT2D eigenvalue weighted by atomic mass is 10.1. The topological polar surface area (TPSA) is 45.2 Å². The van der Waals surface area contributed by atoms with E-state index in [1.807, 2.05) is 12.3 Å². The van der Waals surface area contributed by atoms with Crippen LogP contribution in [0.25, 0.3) is 5.57 Å². The van der Waals surface area contributed by atoms with Crippen molar-refractivity contribution in [2.24, 2.45) is 0 Å². The molecule has 0 saturated carbocycles. The van der Waals surface area contributed by atoms with Gasteiger partial charge in [-0.1, -0.05) is 0 Å². The summed E-state index contributed by atoms with van der Waals surface area (Å²) in [4.78, 5) is 5.13. The van der Waals surface area contributed by atoms with Crippen LogP contribution in [0.2, 0.25) is 0 Å². The third-order valence-electron chi connectivity index (χ3n) is 1.81. The molecule has 2 rings (SSSR count). The molecule has 0 aromatic carbocycles. The van der Waals surface area contributed by atoms with Crippen molar-refractivity contribution in [1.82, 2.24) is 10.3 Å². The zero-order valence-corrected chi connectivity index (χ0v) is 7.34. The highest BCUT2D eigenvalue weighted by Gasteiger charge is 2.11. The van der Waals surface area contributed by atoms with Crippen molar-refractivity contribution in [2.45, 2.75) is 6.10 Å². The van der Waals surface area contributed by atoms with E-state index in [1.165, 1.54) is 0 Å². The lowest BCUT2D eigenvalue weighted by Gasteiger charge is -2.16. The molecule has 1 aromatic rings. The van der Waals surface area contributed by atoms with E-state index in [0.29, 0.717) is 6.54 Å². The van der Waals surface area contributed by atoms with Gasteiger partial charge in [0.05, 0.1) is 16.5 Å². The Morgan fingerprint density at radius 1 is 1.67 bits per heavy atom. The highest BCUT2D eigenvalue weighted by molar-refractivity contribution is 7.10. The molecule has 2 N–H and O–H groups in total. The van der Waals surface area contributed by atoms with Gasteiger partial charge in [0.1, 0.15) is 0 Å². The monoisotopic (exact) mass is 182 g/mol. The molecule has 1 unspecified atom stereocenters. The smallest absolute Gasteiger partial charge is 0.0852 e. The largest absolute Gasteiger partial charge is 0.388 e. The van der Waals surface area contributed by atoms with Gasteiger partial charge in [-0.15, -0.1) is 11.3 Å². The number of nitrogens with zero attached hydrogens (tertiary/aromatic N) is 1. The van der Waals surface area contributed by atoms with Gasteiger partial charge < -0.3 is 10.4 Å². The van der Waals surface area contributed by atoms with Crippen molar-refractivity contribution >= 4 is 16.9 Å². The zero-order chi connectivity index (χ0) is 8.39. The molecule has 4 heteroatoms. The molecule has 0 radical (unpaired) electrons. The fourth-order valence-corrected chi connectivity index (χ4v) is 1.90. The molecular formula is C8H10N2OS. The van der Waals surface area contributed by atoms with E-state index in [0.717, 1.165) is 17.0 Å². The minimum absolute atomic E-state index is 0.351. The Hall–Kier alpha value is -0.710. The number of aromatic nitrogens is 1. The molecule has 1 atom stereocenters. The minimum atomic E-state index is -0.351. The number of aliphatic hydroxyl groups excluding tert-OH is 1. The van der Waals surface area contributed by atoms with Gasteiger partial charge in [0.25, 0.3) is 0 Å². The highest BCUT2D eigenvalue weighted by atomic mass is 32.1. The van der Waals surface area contributed by atoms with Crippen LogP contribution in [0.4, 0.5) is 0 Å². The summed E-state index contributed by atoms with van der Waals surface area (Å²) in [6.45, 7) is 1.49. The maximum absolute atomic E-state index is 9.32. The van der Waals surface area contributed by atoms with Crippen LogP contribution >= 0.6 is 11.3 Å². The van der Waals surface area contributed by atoms with Crippen molar-refractivity contribution in [3.05, 3.63) is 22.7 Å². The van der Waals surface area contributed by atoms with E-state index in [4.69, 9.17) is 0 Å². The Kier molecular flexibility index (Phi) is 2.21. The maximum Gasteiger partial charge on any atom is 0.0852 e. The van der Waals surface area contributed by atoms with Crippen LogP contribution in [0.15, 0.2) is 17.8 Å². The summed E-state index contributed by atoms with van der Waals surface area (Å²) in [5.41, 5.74) is 2.95. The maximum atomic E-state index is 9.32. The molecule has 1 aliphatic rings. The second-order valence-electron chi connectivity index (χ2n) is 2.76. The number of rotatable bonds is 1. The molecular weight excluding hydrogens is 172 g/mol. The van der Waals surface area contributed by atoms with Crippen molar-refractivity contribution in [3.8, 4) is 0 Å². The summed E-state index contributed by atoms with van der Waals surface area (Å²) in [6, 6.07) is 0. The molecule has 0 bridgehead atoms. The number of thiazole rings is 1. The van der Waals surface area contributed by atoms with Gasteiger partial charge in [-0.2, -0.15) is 0 Å². The summed E-state index contributed by atoms with van der Waals surface area (Å²) in [7, 11) is 0. The van der Waals surface area contributed by atoms with Crippen LogP contribution in [0, 0.1) is 0 Å². The van der Waals surface area contributed by atoms with Gasteiger partial charge in [0.15, 0.2) is 0 Å². The van der Waals surface area contributed by atoms with E-state index >= 15 is 0 Å². The van der Waals surface area contributed by atoms with E-state index in [1.54, 1.807) is 16.8 Å². The van der Waals surface area contributed by atoms with E-state index < -0.39 is 0 Å². The molecule has 0 saturated heterocycles. The first kappa shape index (κ1) is 7.91. The second kappa shape index (κ2) is 3.35. The predicted octanol–water partition coefficient (Wildman–Crippen LogP) is 0.491. The van der Waals surface area contributed by atoms with Crippen LogP contribution < -0.4 is 5.32 Å². The third kappa shape index (κ3) is 1.55. The highest BCUT2D eigenvalue weighted by Crippen LogP contribution is 2.19. The van der Waals surface area contributed by atoms with E-state index in [-0.39, 0.29) is 6.10 Å².